The number of hydrogen-bond acceptors (Lipinski definition) is 3. The number of carbonyl (C=O) groups is 1. The van der Waals surface area contributed by atoms with Crippen molar-refractivity contribution in [2.75, 3.05) is 26.2 Å². The Morgan fingerprint density at radius 1 is 1.38 bits per heavy atom. The van der Waals surface area contributed by atoms with Gasteiger partial charge in [0.2, 0.25) is 5.91 Å². The highest BCUT2D eigenvalue weighted by atomic mass is 19.4. The number of benzene rings is 1. The van der Waals surface area contributed by atoms with Gasteiger partial charge in [-0.2, -0.15) is 13.2 Å². The van der Waals surface area contributed by atoms with Crippen molar-refractivity contribution < 1.29 is 22.7 Å². The second kappa shape index (κ2) is 8.48. The van der Waals surface area contributed by atoms with Gasteiger partial charge in [-0.3, -0.25) is 9.69 Å². The Labute approximate surface area is 140 Å². The van der Waals surface area contributed by atoms with Gasteiger partial charge in [0.15, 0.2) is 0 Å². The number of ether oxygens (including phenoxy) is 1. The fourth-order valence-corrected chi connectivity index (χ4v) is 2.74. The lowest BCUT2D eigenvalue weighted by molar-refractivity contribution is -0.144. The molecular formula is C17H23F3N2O2. The van der Waals surface area contributed by atoms with Crippen molar-refractivity contribution in [2.45, 2.75) is 32.2 Å². The van der Waals surface area contributed by atoms with Gasteiger partial charge in [-0.05, 0) is 31.4 Å². The fourth-order valence-electron chi connectivity index (χ4n) is 2.74. The third-order valence-corrected chi connectivity index (χ3v) is 4.05. The van der Waals surface area contributed by atoms with Gasteiger partial charge < -0.3 is 10.1 Å². The van der Waals surface area contributed by atoms with Crippen LogP contribution in [0.25, 0.3) is 0 Å². The molecule has 1 heterocycles. The number of likely N-dealkylation sites (tertiary alicyclic amines) is 1. The van der Waals surface area contributed by atoms with E-state index in [-0.39, 0.29) is 11.8 Å². The van der Waals surface area contributed by atoms with Crippen LogP contribution < -0.4 is 5.32 Å². The molecule has 1 fully saturated rings. The molecule has 2 atom stereocenters. The van der Waals surface area contributed by atoms with E-state index in [1.807, 2.05) is 30.3 Å². The van der Waals surface area contributed by atoms with E-state index in [1.165, 1.54) is 4.90 Å². The molecule has 1 aliphatic rings. The Morgan fingerprint density at radius 3 is 2.75 bits per heavy atom. The van der Waals surface area contributed by atoms with Gasteiger partial charge in [0, 0.05) is 13.1 Å². The molecular weight excluding hydrogens is 321 g/mol. The molecule has 1 aromatic carbocycles. The maximum Gasteiger partial charge on any atom is 0.401 e. The molecule has 2 rings (SSSR count). The summed E-state index contributed by atoms with van der Waals surface area (Å²) in [7, 11) is 0. The number of alkyl halides is 3. The van der Waals surface area contributed by atoms with E-state index in [0.717, 1.165) is 5.56 Å². The number of nitrogens with one attached hydrogen (secondary N) is 1. The number of hydrogen-bond donors (Lipinski definition) is 1. The van der Waals surface area contributed by atoms with Gasteiger partial charge >= 0.3 is 6.18 Å². The van der Waals surface area contributed by atoms with E-state index in [9.17, 15) is 18.0 Å². The Kier molecular flexibility index (Phi) is 6.62. The summed E-state index contributed by atoms with van der Waals surface area (Å²) in [6, 6.07) is 9.53. The molecule has 134 valence electrons. The van der Waals surface area contributed by atoms with E-state index in [2.05, 4.69) is 5.32 Å². The second-order valence-electron chi connectivity index (χ2n) is 6.19. The van der Waals surface area contributed by atoms with Crippen LogP contribution >= 0.6 is 0 Å². The molecule has 0 aromatic heterocycles. The summed E-state index contributed by atoms with van der Waals surface area (Å²) in [4.78, 5) is 13.4. The van der Waals surface area contributed by atoms with Crippen molar-refractivity contribution in [3.8, 4) is 0 Å². The third-order valence-electron chi connectivity index (χ3n) is 4.05. The zero-order valence-electron chi connectivity index (χ0n) is 13.7. The summed E-state index contributed by atoms with van der Waals surface area (Å²) in [5.41, 5.74) is 0.982. The summed E-state index contributed by atoms with van der Waals surface area (Å²) >= 11 is 0. The number of amides is 1. The fraction of sp³-hybridized carbons (Fsp3) is 0.588. The molecule has 0 unspecified atom stereocenters. The average molecular weight is 344 g/mol. The van der Waals surface area contributed by atoms with Crippen molar-refractivity contribution in [1.82, 2.24) is 10.2 Å². The zero-order valence-corrected chi connectivity index (χ0v) is 13.7. The van der Waals surface area contributed by atoms with Crippen molar-refractivity contribution in [3.05, 3.63) is 35.9 Å². The van der Waals surface area contributed by atoms with Crippen LogP contribution in [0.1, 0.15) is 18.9 Å². The molecule has 0 aliphatic carbocycles. The van der Waals surface area contributed by atoms with Crippen LogP contribution in [0.4, 0.5) is 13.2 Å². The standard InChI is InChI=1S/C17H23F3N2O2/c1-13(24-11-14-5-3-2-4-6-14)16(23)21-9-15-7-8-22(10-15)12-17(18,19)20/h2-6,13,15H,7-12H2,1H3,(H,21,23)/t13-,15+/m1/s1. The molecule has 1 aliphatic heterocycles. The normalized spacial score (nSPS) is 20.1. The van der Waals surface area contributed by atoms with Crippen LogP contribution in [-0.4, -0.2) is 49.3 Å². The summed E-state index contributed by atoms with van der Waals surface area (Å²) in [6.07, 6.45) is -4.11. The first-order valence-corrected chi connectivity index (χ1v) is 8.06. The van der Waals surface area contributed by atoms with Gasteiger partial charge in [-0.1, -0.05) is 30.3 Å². The molecule has 1 amide bonds. The third kappa shape index (κ3) is 6.49. The largest absolute Gasteiger partial charge is 0.401 e. The maximum absolute atomic E-state index is 12.4. The van der Waals surface area contributed by atoms with E-state index in [4.69, 9.17) is 4.74 Å². The highest BCUT2D eigenvalue weighted by molar-refractivity contribution is 5.80. The van der Waals surface area contributed by atoms with Crippen LogP contribution in [0.3, 0.4) is 0 Å². The number of carbonyl (C=O) groups excluding carboxylic acids is 1. The van der Waals surface area contributed by atoms with Gasteiger partial charge in [-0.15, -0.1) is 0 Å². The molecule has 0 bridgehead atoms. The predicted octanol–water partition coefficient (Wildman–Crippen LogP) is 2.59. The van der Waals surface area contributed by atoms with E-state index in [1.54, 1.807) is 6.92 Å². The Morgan fingerprint density at radius 2 is 2.08 bits per heavy atom. The van der Waals surface area contributed by atoms with E-state index in [0.29, 0.717) is 32.7 Å². The minimum Gasteiger partial charge on any atom is -0.364 e. The quantitative estimate of drug-likeness (QED) is 0.827. The number of nitrogens with zero attached hydrogens (tertiary/aromatic N) is 1. The lowest BCUT2D eigenvalue weighted by Crippen LogP contribution is -2.38. The van der Waals surface area contributed by atoms with Crippen LogP contribution in [0.5, 0.6) is 0 Å². The first-order valence-electron chi connectivity index (χ1n) is 8.06. The van der Waals surface area contributed by atoms with Crippen molar-refractivity contribution in [1.29, 1.82) is 0 Å². The summed E-state index contributed by atoms with van der Waals surface area (Å²) in [6.45, 7) is 2.29. The highest BCUT2D eigenvalue weighted by Gasteiger charge is 2.34. The molecule has 4 nitrogen and oxygen atoms in total. The zero-order chi connectivity index (χ0) is 17.6. The maximum atomic E-state index is 12.4. The number of rotatable bonds is 7. The van der Waals surface area contributed by atoms with E-state index >= 15 is 0 Å². The summed E-state index contributed by atoms with van der Waals surface area (Å²) in [5.74, 6) is -0.183. The molecule has 7 heteroatoms. The minimum atomic E-state index is -4.17. The topological polar surface area (TPSA) is 41.6 Å². The van der Waals surface area contributed by atoms with Crippen LogP contribution in [0.2, 0.25) is 0 Å². The van der Waals surface area contributed by atoms with Crippen molar-refractivity contribution in [3.63, 3.8) is 0 Å². The Balaban J connectivity index is 1.66. The van der Waals surface area contributed by atoms with Crippen LogP contribution in [-0.2, 0) is 16.1 Å². The van der Waals surface area contributed by atoms with Crippen molar-refractivity contribution >= 4 is 5.91 Å². The molecule has 0 saturated carbocycles. The second-order valence-corrected chi connectivity index (χ2v) is 6.19. The molecule has 1 N–H and O–H groups in total. The molecule has 0 radical (unpaired) electrons. The molecule has 24 heavy (non-hydrogen) atoms. The smallest absolute Gasteiger partial charge is 0.364 e. The summed E-state index contributed by atoms with van der Waals surface area (Å²) < 4.78 is 42.6. The average Bonchev–Trinajstić information content (AvgIpc) is 2.96. The Hall–Kier alpha value is -1.60. The predicted molar refractivity (Wildman–Crippen MR) is 84.3 cm³/mol. The first kappa shape index (κ1) is 18.7. The molecule has 1 aromatic rings. The Bertz CT molecular complexity index is 522. The lowest BCUT2D eigenvalue weighted by atomic mass is 10.1. The molecule has 0 spiro atoms. The number of halogens is 3. The minimum absolute atomic E-state index is 0.0534. The van der Waals surface area contributed by atoms with Gasteiger partial charge in [0.25, 0.3) is 0 Å². The van der Waals surface area contributed by atoms with Gasteiger partial charge in [-0.25, -0.2) is 0 Å². The first-order chi connectivity index (χ1) is 11.3. The monoisotopic (exact) mass is 344 g/mol. The van der Waals surface area contributed by atoms with Crippen molar-refractivity contribution in [2.24, 2.45) is 5.92 Å². The van der Waals surface area contributed by atoms with Crippen LogP contribution in [0.15, 0.2) is 30.3 Å². The molecule has 1 saturated heterocycles. The SMILES string of the molecule is C[C@@H](OCc1ccccc1)C(=O)NC[C@@H]1CCN(CC(F)(F)F)C1. The van der Waals surface area contributed by atoms with E-state index < -0.39 is 18.8 Å². The van der Waals surface area contributed by atoms with Crippen LogP contribution in [0, 0.1) is 5.92 Å². The lowest BCUT2D eigenvalue weighted by Gasteiger charge is -2.18. The highest BCUT2D eigenvalue weighted by Crippen LogP contribution is 2.22. The van der Waals surface area contributed by atoms with Gasteiger partial charge in [0.05, 0.1) is 13.2 Å². The summed E-state index contributed by atoms with van der Waals surface area (Å²) in [5, 5.41) is 2.77. The van der Waals surface area contributed by atoms with Gasteiger partial charge in [0.1, 0.15) is 6.10 Å².